The van der Waals surface area contributed by atoms with Crippen LogP contribution in [0.3, 0.4) is 0 Å². The molecule has 0 aliphatic heterocycles. The topological polar surface area (TPSA) is 57.9 Å². The third-order valence-corrected chi connectivity index (χ3v) is 4.49. The van der Waals surface area contributed by atoms with Crippen LogP contribution in [0, 0.1) is 0 Å². The van der Waals surface area contributed by atoms with Crippen molar-refractivity contribution < 1.29 is 18.6 Å². The van der Waals surface area contributed by atoms with E-state index in [0.29, 0.717) is 44.9 Å². The third kappa shape index (κ3) is 3.29. The summed E-state index contributed by atoms with van der Waals surface area (Å²) in [6, 6.07) is 10.7. The third-order valence-electron chi connectivity index (χ3n) is 3.90. The van der Waals surface area contributed by atoms with Gasteiger partial charge in [-0.05, 0) is 46.6 Å². The van der Waals surface area contributed by atoms with E-state index in [1.165, 1.54) is 0 Å². The lowest BCUT2D eigenvalue weighted by Gasteiger charge is -2.14. The smallest absolute Gasteiger partial charge is 0.235 e. The number of hydrogen-bond donors (Lipinski definition) is 0. The molecule has 6 heteroatoms. The second kappa shape index (κ2) is 7.83. The molecule has 3 aromatic rings. The van der Waals surface area contributed by atoms with E-state index < -0.39 is 0 Å². The molecule has 0 saturated heterocycles. The molecule has 1 heterocycles. The molecule has 0 aliphatic rings. The van der Waals surface area contributed by atoms with Crippen LogP contribution in [0.1, 0.15) is 13.3 Å². The number of fused-ring (bicyclic) bond motifs is 1. The second-order valence-corrected chi connectivity index (χ2v) is 6.48. The summed E-state index contributed by atoms with van der Waals surface area (Å²) in [5.74, 6) is 1.65. The molecule has 0 spiro atoms. The van der Waals surface area contributed by atoms with Gasteiger partial charge in [0.05, 0.1) is 30.7 Å². The highest BCUT2D eigenvalue weighted by Gasteiger charge is 2.20. The summed E-state index contributed by atoms with van der Waals surface area (Å²) >= 11 is 3.48. The van der Waals surface area contributed by atoms with E-state index in [2.05, 4.69) is 15.9 Å². The minimum absolute atomic E-state index is 0.193. The van der Waals surface area contributed by atoms with Crippen LogP contribution in [0.2, 0.25) is 0 Å². The van der Waals surface area contributed by atoms with Crippen LogP contribution in [0.5, 0.6) is 17.2 Å². The minimum atomic E-state index is -0.193. The number of rotatable bonds is 6. The van der Waals surface area contributed by atoms with Crippen LogP contribution in [-0.2, 0) is 0 Å². The maximum Gasteiger partial charge on any atom is 0.235 e. The fraction of sp³-hybridized carbons (Fsp3) is 0.250. The Hall–Kier alpha value is -2.47. The first-order chi connectivity index (χ1) is 12.6. The summed E-state index contributed by atoms with van der Waals surface area (Å²) in [5.41, 5.74) is 0.965. The van der Waals surface area contributed by atoms with Gasteiger partial charge in [-0.3, -0.25) is 4.79 Å². The summed E-state index contributed by atoms with van der Waals surface area (Å²) in [6.07, 6.45) is 0.779. The van der Waals surface area contributed by atoms with Crippen molar-refractivity contribution in [2.24, 2.45) is 0 Å². The van der Waals surface area contributed by atoms with Gasteiger partial charge in [0.1, 0.15) is 5.58 Å². The van der Waals surface area contributed by atoms with Gasteiger partial charge in [0.2, 0.25) is 11.2 Å². The number of methoxy groups -OCH3 is 2. The van der Waals surface area contributed by atoms with E-state index in [1.807, 2.05) is 19.1 Å². The van der Waals surface area contributed by atoms with Gasteiger partial charge in [-0.15, -0.1) is 0 Å². The minimum Gasteiger partial charge on any atom is -0.493 e. The molecule has 0 fully saturated rings. The van der Waals surface area contributed by atoms with E-state index in [0.717, 1.165) is 6.42 Å². The highest BCUT2D eigenvalue weighted by Crippen LogP contribution is 2.41. The van der Waals surface area contributed by atoms with Gasteiger partial charge in [-0.25, -0.2) is 0 Å². The Bertz CT molecular complexity index is 993. The number of benzene rings is 2. The molecule has 0 amide bonds. The average Bonchev–Trinajstić information content (AvgIpc) is 2.66. The lowest BCUT2D eigenvalue weighted by molar-refractivity contribution is 0.309. The average molecular weight is 419 g/mol. The quantitative estimate of drug-likeness (QED) is 0.561. The van der Waals surface area contributed by atoms with E-state index in [4.69, 9.17) is 18.6 Å². The SMILES string of the molecule is CCCOc1c(-c2cc(Br)c(OC)c(OC)c2)oc2ccccc2c1=O. The van der Waals surface area contributed by atoms with Gasteiger partial charge in [-0.2, -0.15) is 0 Å². The van der Waals surface area contributed by atoms with Crippen molar-refractivity contribution in [3.8, 4) is 28.6 Å². The van der Waals surface area contributed by atoms with Crippen molar-refractivity contribution in [2.75, 3.05) is 20.8 Å². The summed E-state index contributed by atoms with van der Waals surface area (Å²) < 4.78 is 23.2. The molecule has 0 atom stereocenters. The molecule has 5 nitrogen and oxygen atoms in total. The van der Waals surface area contributed by atoms with Crippen LogP contribution in [-0.4, -0.2) is 20.8 Å². The second-order valence-electron chi connectivity index (χ2n) is 5.63. The molecule has 0 bridgehead atoms. The number of para-hydroxylation sites is 1. The maximum atomic E-state index is 12.9. The van der Waals surface area contributed by atoms with E-state index in [9.17, 15) is 4.79 Å². The van der Waals surface area contributed by atoms with Gasteiger partial charge in [-0.1, -0.05) is 19.1 Å². The first-order valence-corrected chi connectivity index (χ1v) is 9.00. The number of halogens is 1. The van der Waals surface area contributed by atoms with Crippen molar-refractivity contribution in [3.05, 3.63) is 51.1 Å². The van der Waals surface area contributed by atoms with Crippen LogP contribution < -0.4 is 19.6 Å². The summed E-state index contributed by atoms with van der Waals surface area (Å²) in [4.78, 5) is 12.9. The molecule has 0 aliphatic carbocycles. The van der Waals surface area contributed by atoms with Crippen molar-refractivity contribution in [3.63, 3.8) is 0 Å². The van der Waals surface area contributed by atoms with Gasteiger partial charge in [0, 0.05) is 5.56 Å². The Kier molecular flexibility index (Phi) is 5.52. The van der Waals surface area contributed by atoms with Crippen LogP contribution in [0.15, 0.2) is 50.1 Å². The van der Waals surface area contributed by atoms with Crippen molar-refractivity contribution in [1.29, 1.82) is 0 Å². The molecule has 0 saturated carbocycles. The predicted octanol–water partition coefficient (Wildman–Crippen LogP) is 5.03. The molecule has 2 aromatic carbocycles. The molecule has 0 unspecified atom stereocenters. The number of ether oxygens (including phenoxy) is 3. The number of hydrogen-bond acceptors (Lipinski definition) is 5. The Labute approximate surface area is 159 Å². The summed E-state index contributed by atoms with van der Waals surface area (Å²) in [5, 5.41) is 0.488. The first kappa shape index (κ1) is 18.3. The fourth-order valence-electron chi connectivity index (χ4n) is 2.70. The molecule has 0 N–H and O–H groups in total. The standard InChI is InChI=1S/C20H19BrO5/c1-4-9-25-20-17(22)13-7-5-6-8-15(13)26-18(20)12-10-14(21)19(24-3)16(11-12)23-2/h5-8,10-11H,4,9H2,1-3H3. The van der Waals surface area contributed by atoms with E-state index >= 15 is 0 Å². The van der Waals surface area contributed by atoms with Gasteiger partial charge >= 0.3 is 0 Å². The van der Waals surface area contributed by atoms with Crippen molar-refractivity contribution in [1.82, 2.24) is 0 Å². The van der Waals surface area contributed by atoms with Gasteiger partial charge in [0.25, 0.3) is 0 Å². The van der Waals surface area contributed by atoms with Crippen LogP contribution in [0.25, 0.3) is 22.3 Å². The molecular formula is C20H19BrO5. The van der Waals surface area contributed by atoms with Gasteiger partial charge in [0.15, 0.2) is 17.3 Å². The molecule has 0 radical (unpaired) electrons. The van der Waals surface area contributed by atoms with E-state index in [-0.39, 0.29) is 11.2 Å². The zero-order valence-electron chi connectivity index (χ0n) is 14.8. The Morgan fingerprint density at radius 1 is 1.08 bits per heavy atom. The molecule has 136 valence electrons. The normalized spacial score (nSPS) is 10.8. The van der Waals surface area contributed by atoms with Crippen LogP contribution in [0.4, 0.5) is 0 Å². The first-order valence-electron chi connectivity index (χ1n) is 8.21. The highest BCUT2D eigenvalue weighted by atomic mass is 79.9. The fourth-order valence-corrected chi connectivity index (χ4v) is 3.30. The molecule has 1 aromatic heterocycles. The summed E-state index contributed by atoms with van der Waals surface area (Å²) in [7, 11) is 3.12. The van der Waals surface area contributed by atoms with Crippen molar-refractivity contribution >= 4 is 26.9 Å². The Morgan fingerprint density at radius 2 is 1.85 bits per heavy atom. The Balaban J connectivity index is 2.30. The lowest BCUT2D eigenvalue weighted by atomic mass is 10.1. The monoisotopic (exact) mass is 418 g/mol. The van der Waals surface area contributed by atoms with Gasteiger partial charge < -0.3 is 18.6 Å². The van der Waals surface area contributed by atoms with Crippen molar-refractivity contribution in [2.45, 2.75) is 13.3 Å². The van der Waals surface area contributed by atoms with E-state index in [1.54, 1.807) is 38.5 Å². The zero-order chi connectivity index (χ0) is 18.7. The zero-order valence-corrected chi connectivity index (χ0v) is 16.4. The molecular weight excluding hydrogens is 400 g/mol. The Morgan fingerprint density at radius 3 is 2.54 bits per heavy atom. The maximum absolute atomic E-state index is 12.9. The largest absolute Gasteiger partial charge is 0.493 e. The molecule has 3 rings (SSSR count). The molecule has 26 heavy (non-hydrogen) atoms. The lowest BCUT2D eigenvalue weighted by Crippen LogP contribution is -2.10. The summed E-state index contributed by atoms with van der Waals surface area (Å²) in [6.45, 7) is 2.40. The van der Waals surface area contributed by atoms with Crippen LogP contribution >= 0.6 is 15.9 Å². The predicted molar refractivity (Wildman–Crippen MR) is 105 cm³/mol. The highest BCUT2D eigenvalue weighted by molar-refractivity contribution is 9.10.